The number of carbonyl (C=O) groups is 1. The summed E-state index contributed by atoms with van der Waals surface area (Å²) in [4.78, 5) is 12.8. The summed E-state index contributed by atoms with van der Waals surface area (Å²) in [6.45, 7) is 4.56. The number of hydrogen-bond donors (Lipinski definition) is 2. The molecule has 2 N–H and O–H groups in total. The summed E-state index contributed by atoms with van der Waals surface area (Å²) in [7, 11) is 1.69. The zero-order valence-corrected chi connectivity index (χ0v) is 12.4. The van der Waals surface area contributed by atoms with Crippen molar-refractivity contribution >= 4 is 5.91 Å². The minimum atomic E-state index is -0.319. The van der Waals surface area contributed by atoms with Crippen molar-refractivity contribution in [2.24, 2.45) is 5.41 Å². The van der Waals surface area contributed by atoms with Gasteiger partial charge in [0.1, 0.15) is 0 Å². The van der Waals surface area contributed by atoms with Gasteiger partial charge in [-0.1, -0.05) is 19.3 Å². The molecule has 1 aliphatic carbocycles. The Balaban J connectivity index is 2.02. The number of carbonyl (C=O) groups excluding carboxylic acids is 1. The van der Waals surface area contributed by atoms with Gasteiger partial charge in [0.2, 0.25) is 5.91 Å². The van der Waals surface area contributed by atoms with Crippen molar-refractivity contribution in [2.45, 2.75) is 57.4 Å². The summed E-state index contributed by atoms with van der Waals surface area (Å²) in [5, 5.41) is 6.67. The summed E-state index contributed by atoms with van der Waals surface area (Å²) in [5.41, 5.74) is -0.318. The normalized spacial score (nSPS) is 25.8. The molecule has 1 amide bonds. The van der Waals surface area contributed by atoms with Crippen LogP contribution in [0.25, 0.3) is 0 Å². The Morgan fingerprint density at radius 1 is 1.16 bits per heavy atom. The van der Waals surface area contributed by atoms with Crippen LogP contribution in [0, 0.1) is 5.41 Å². The molecule has 2 rings (SSSR count). The first-order valence-corrected chi connectivity index (χ1v) is 7.63. The minimum Gasteiger partial charge on any atom is -0.384 e. The molecule has 110 valence electrons. The lowest BCUT2D eigenvalue weighted by Gasteiger charge is -2.41. The second-order valence-corrected chi connectivity index (χ2v) is 6.54. The van der Waals surface area contributed by atoms with Crippen molar-refractivity contribution in [3.05, 3.63) is 0 Å². The Morgan fingerprint density at radius 3 is 2.37 bits per heavy atom. The molecule has 1 aliphatic heterocycles. The smallest absolute Gasteiger partial charge is 0.229 e. The Bertz CT molecular complexity index is 300. The average molecular weight is 268 g/mol. The molecule has 0 aromatic carbocycles. The van der Waals surface area contributed by atoms with E-state index in [2.05, 4.69) is 17.6 Å². The van der Waals surface area contributed by atoms with Gasteiger partial charge in [-0.05, 0) is 45.7 Å². The maximum absolute atomic E-state index is 12.8. The van der Waals surface area contributed by atoms with Crippen LogP contribution in [0.2, 0.25) is 0 Å². The zero-order chi connectivity index (χ0) is 13.8. The molecule has 0 spiro atoms. The molecule has 0 radical (unpaired) electrons. The third-order valence-electron chi connectivity index (χ3n) is 4.84. The van der Waals surface area contributed by atoms with Crippen LogP contribution in [0.5, 0.6) is 0 Å². The molecule has 0 aromatic heterocycles. The lowest BCUT2D eigenvalue weighted by molar-refractivity contribution is -0.138. The van der Waals surface area contributed by atoms with E-state index >= 15 is 0 Å². The molecular formula is C15H28N2O2. The van der Waals surface area contributed by atoms with E-state index in [-0.39, 0.29) is 16.9 Å². The van der Waals surface area contributed by atoms with E-state index in [4.69, 9.17) is 4.74 Å². The van der Waals surface area contributed by atoms with E-state index < -0.39 is 0 Å². The highest BCUT2D eigenvalue weighted by Crippen LogP contribution is 2.33. The number of nitrogens with one attached hydrogen (secondary N) is 2. The molecule has 4 heteroatoms. The van der Waals surface area contributed by atoms with Gasteiger partial charge in [-0.15, -0.1) is 0 Å². The Kier molecular flexibility index (Phi) is 4.85. The highest BCUT2D eigenvalue weighted by molar-refractivity contribution is 5.83. The Labute approximate surface area is 116 Å². The van der Waals surface area contributed by atoms with Gasteiger partial charge in [0.05, 0.1) is 12.0 Å². The van der Waals surface area contributed by atoms with Crippen LogP contribution in [0.15, 0.2) is 0 Å². The number of rotatable bonds is 4. The second-order valence-electron chi connectivity index (χ2n) is 6.54. The van der Waals surface area contributed by atoms with Crippen LogP contribution >= 0.6 is 0 Å². The highest BCUT2D eigenvalue weighted by atomic mass is 16.5. The van der Waals surface area contributed by atoms with Crippen molar-refractivity contribution in [3.63, 3.8) is 0 Å². The third kappa shape index (κ3) is 3.48. The van der Waals surface area contributed by atoms with Crippen molar-refractivity contribution in [1.82, 2.24) is 10.6 Å². The SMILES string of the molecule is COCC1(C(=O)NC2(C)CCCCC2)CCNCC1. The molecule has 0 bridgehead atoms. The van der Waals surface area contributed by atoms with Gasteiger partial charge < -0.3 is 15.4 Å². The fourth-order valence-electron chi connectivity index (χ4n) is 3.48. The summed E-state index contributed by atoms with van der Waals surface area (Å²) in [5.74, 6) is 0.209. The quantitative estimate of drug-likeness (QED) is 0.818. The molecule has 0 aromatic rings. The molecule has 1 heterocycles. The minimum absolute atomic E-state index is 0.000943. The lowest BCUT2D eigenvalue weighted by atomic mass is 9.76. The first kappa shape index (κ1) is 14.8. The molecular weight excluding hydrogens is 240 g/mol. The first-order valence-electron chi connectivity index (χ1n) is 7.63. The van der Waals surface area contributed by atoms with Gasteiger partial charge in [-0.2, -0.15) is 0 Å². The van der Waals surface area contributed by atoms with Gasteiger partial charge >= 0.3 is 0 Å². The largest absolute Gasteiger partial charge is 0.384 e. The fourth-order valence-corrected chi connectivity index (χ4v) is 3.48. The molecule has 0 atom stereocenters. The van der Waals surface area contributed by atoms with Gasteiger partial charge in [0.25, 0.3) is 0 Å². The summed E-state index contributed by atoms with van der Waals surface area (Å²) in [6.07, 6.45) is 7.75. The van der Waals surface area contributed by atoms with E-state index in [0.717, 1.165) is 38.8 Å². The maximum atomic E-state index is 12.8. The molecule has 4 nitrogen and oxygen atoms in total. The number of methoxy groups -OCH3 is 1. The van der Waals surface area contributed by atoms with Crippen LogP contribution in [0.3, 0.4) is 0 Å². The number of hydrogen-bond acceptors (Lipinski definition) is 3. The predicted octanol–water partition coefficient (Wildman–Crippen LogP) is 1.84. The molecule has 1 saturated heterocycles. The summed E-state index contributed by atoms with van der Waals surface area (Å²) >= 11 is 0. The van der Waals surface area contributed by atoms with Crippen LogP contribution in [0.1, 0.15) is 51.9 Å². The van der Waals surface area contributed by atoms with Crippen molar-refractivity contribution in [2.75, 3.05) is 26.8 Å². The fraction of sp³-hybridized carbons (Fsp3) is 0.933. The van der Waals surface area contributed by atoms with Crippen molar-refractivity contribution in [3.8, 4) is 0 Å². The third-order valence-corrected chi connectivity index (χ3v) is 4.84. The monoisotopic (exact) mass is 268 g/mol. The summed E-state index contributed by atoms with van der Waals surface area (Å²) < 4.78 is 5.34. The number of ether oxygens (including phenoxy) is 1. The van der Waals surface area contributed by atoms with Crippen LogP contribution in [-0.2, 0) is 9.53 Å². The standard InChI is InChI=1S/C15H28N2O2/c1-14(6-4-3-5-7-14)17-13(18)15(12-19-2)8-10-16-11-9-15/h16H,3-12H2,1-2H3,(H,17,18). The van der Waals surface area contributed by atoms with Gasteiger partial charge in [0.15, 0.2) is 0 Å². The van der Waals surface area contributed by atoms with E-state index in [1.54, 1.807) is 7.11 Å². The van der Waals surface area contributed by atoms with Crippen LogP contribution in [0.4, 0.5) is 0 Å². The number of piperidine rings is 1. The van der Waals surface area contributed by atoms with Crippen molar-refractivity contribution in [1.29, 1.82) is 0 Å². The van der Waals surface area contributed by atoms with Gasteiger partial charge in [-0.3, -0.25) is 4.79 Å². The van der Waals surface area contributed by atoms with Crippen LogP contribution in [-0.4, -0.2) is 38.3 Å². The van der Waals surface area contributed by atoms with Gasteiger partial charge in [-0.25, -0.2) is 0 Å². The zero-order valence-electron chi connectivity index (χ0n) is 12.4. The topological polar surface area (TPSA) is 50.4 Å². The first-order chi connectivity index (χ1) is 9.10. The van der Waals surface area contributed by atoms with E-state index in [1.807, 2.05) is 0 Å². The van der Waals surface area contributed by atoms with E-state index in [0.29, 0.717) is 6.61 Å². The Hall–Kier alpha value is -0.610. The van der Waals surface area contributed by atoms with E-state index in [1.165, 1.54) is 19.3 Å². The molecule has 2 aliphatic rings. The molecule has 2 fully saturated rings. The lowest BCUT2D eigenvalue weighted by Crippen LogP contribution is -2.56. The predicted molar refractivity (Wildman–Crippen MR) is 76.0 cm³/mol. The number of amides is 1. The van der Waals surface area contributed by atoms with Gasteiger partial charge in [0, 0.05) is 12.6 Å². The summed E-state index contributed by atoms with van der Waals surface area (Å²) in [6, 6.07) is 0. The molecule has 19 heavy (non-hydrogen) atoms. The Morgan fingerprint density at radius 2 is 1.79 bits per heavy atom. The highest BCUT2D eigenvalue weighted by Gasteiger charge is 2.42. The molecule has 1 saturated carbocycles. The van der Waals surface area contributed by atoms with Crippen molar-refractivity contribution < 1.29 is 9.53 Å². The van der Waals surface area contributed by atoms with E-state index in [9.17, 15) is 4.79 Å². The van der Waals surface area contributed by atoms with Crippen LogP contribution < -0.4 is 10.6 Å². The average Bonchev–Trinajstić information content (AvgIpc) is 2.40. The molecule has 0 unspecified atom stereocenters. The second kappa shape index (κ2) is 6.23. The maximum Gasteiger partial charge on any atom is 0.229 e.